The van der Waals surface area contributed by atoms with Gasteiger partial charge in [0.2, 0.25) is 0 Å². The number of methoxy groups -OCH3 is 1. The SMILES string of the molecule is COCc1c(CN=O)ncc2[nH]c3ccc(OCc4ccccc4)cc3c12. The van der Waals surface area contributed by atoms with Gasteiger partial charge in [-0.3, -0.25) is 4.98 Å². The smallest absolute Gasteiger partial charge is 0.124 e. The number of ether oxygens (including phenoxy) is 2. The van der Waals surface area contributed by atoms with E-state index in [-0.39, 0.29) is 6.54 Å². The maximum Gasteiger partial charge on any atom is 0.124 e. The number of nitrogens with zero attached hydrogens (tertiary/aromatic N) is 2. The molecular weight excluding hydrogens is 342 g/mol. The molecule has 0 spiro atoms. The first-order valence-corrected chi connectivity index (χ1v) is 8.67. The standard InChI is InChI=1S/C21H19N3O3/c1-26-13-17-19(11-23-25)22-10-20-21(17)16-9-15(7-8-18(16)24-20)27-12-14-5-3-2-4-6-14/h2-10,24H,11-13H2,1H3. The van der Waals surface area contributed by atoms with Crippen molar-refractivity contribution in [1.82, 2.24) is 9.97 Å². The molecule has 2 aromatic carbocycles. The monoisotopic (exact) mass is 361 g/mol. The van der Waals surface area contributed by atoms with Crippen LogP contribution in [0.4, 0.5) is 0 Å². The van der Waals surface area contributed by atoms with E-state index >= 15 is 0 Å². The molecule has 1 N–H and O–H groups in total. The van der Waals surface area contributed by atoms with Gasteiger partial charge < -0.3 is 14.5 Å². The predicted molar refractivity (Wildman–Crippen MR) is 105 cm³/mol. The first-order chi connectivity index (χ1) is 13.3. The molecule has 2 heterocycles. The Hall–Kier alpha value is -3.25. The second kappa shape index (κ2) is 7.55. The van der Waals surface area contributed by atoms with E-state index < -0.39 is 0 Å². The summed E-state index contributed by atoms with van der Waals surface area (Å²) in [5.41, 5.74) is 4.50. The van der Waals surface area contributed by atoms with Gasteiger partial charge in [-0.2, -0.15) is 4.91 Å². The Bertz CT molecular complexity index is 1090. The van der Waals surface area contributed by atoms with Crippen LogP contribution in [0.1, 0.15) is 16.8 Å². The summed E-state index contributed by atoms with van der Waals surface area (Å²) in [7, 11) is 1.63. The minimum Gasteiger partial charge on any atom is -0.489 e. The zero-order chi connectivity index (χ0) is 18.6. The quantitative estimate of drug-likeness (QED) is 0.484. The summed E-state index contributed by atoms with van der Waals surface area (Å²) in [6, 6.07) is 16.0. The summed E-state index contributed by atoms with van der Waals surface area (Å²) in [6.45, 7) is 0.879. The molecule has 0 unspecified atom stereocenters. The second-order valence-electron chi connectivity index (χ2n) is 6.30. The summed E-state index contributed by atoms with van der Waals surface area (Å²) >= 11 is 0. The fraction of sp³-hybridized carbons (Fsp3) is 0.190. The first-order valence-electron chi connectivity index (χ1n) is 8.67. The summed E-state index contributed by atoms with van der Waals surface area (Å²) in [6.07, 6.45) is 1.74. The van der Waals surface area contributed by atoms with Gasteiger partial charge in [0.1, 0.15) is 18.9 Å². The molecule has 4 aromatic rings. The van der Waals surface area contributed by atoms with Crippen LogP contribution in [0.15, 0.2) is 59.9 Å². The van der Waals surface area contributed by atoms with Gasteiger partial charge in [-0.1, -0.05) is 35.5 Å². The molecule has 0 saturated carbocycles. The molecule has 0 aliphatic carbocycles. The third-order valence-electron chi connectivity index (χ3n) is 4.55. The van der Waals surface area contributed by atoms with E-state index in [9.17, 15) is 4.91 Å². The topological polar surface area (TPSA) is 76.6 Å². The van der Waals surface area contributed by atoms with Crippen molar-refractivity contribution >= 4 is 21.8 Å². The number of fused-ring (bicyclic) bond motifs is 3. The molecular formula is C21H19N3O3. The molecule has 0 atom stereocenters. The van der Waals surface area contributed by atoms with Gasteiger partial charge in [0, 0.05) is 29.0 Å². The third kappa shape index (κ3) is 3.39. The molecule has 2 aromatic heterocycles. The molecule has 0 saturated heterocycles. The van der Waals surface area contributed by atoms with E-state index in [4.69, 9.17) is 9.47 Å². The van der Waals surface area contributed by atoms with Crippen molar-refractivity contribution in [3.05, 3.63) is 76.5 Å². The molecule has 0 aliphatic rings. The average Bonchev–Trinajstić information content (AvgIpc) is 3.07. The lowest BCUT2D eigenvalue weighted by molar-refractivity contribution is 0.185. The van der Waals surface area contributed by atoms with Gasteiger partial charge in [-0.15, -0.1) is 0 Å². The maximum absolute atomic E-state index is 10.8. The van der Waals surface area contributed by atoms with E-state index in [1.807, 2.05) is 48.5 Å². The van der Waals surface area contributed by atoms with Crippen LogP contribution >= 0.6 is 0 Å². The Kier molecular flexibility index (Phi) is 4.80. The summed E-state index contributed by atoms with van der Waals surface area (Å²) < 4.78 is 11.3. The Balaban J connectivity index is 1.77. The minimum absolute atomic E-state index is 0.0193. The van der Waals surface area contributed by atoms with Crippen molar-refractivity contribution in [3.63, 3.8) is 0 Å². The number of rotatable bonds is 7. The van der Waals surface area contributed by atoms with Crippen molar-refractivity contribution in [3.8, 4) is 5.75 Å². The van der Waals surface area contributed by atoms with Gasteiger partial charge in [0.15, 0.2) is 0 Å². The van der Waals surface area contributed by atoms with Gasteiger partial charge in [0.25, 0.3) is 0 Å². The average molecular weight is 361 g/mol. The molecule has 0 bridgehead atoms. The summed E-state index contributed by atoms with van der Waals surface area (Å²) in [5.74, 6) is 0.780. The van der Waals surface area contributed by atoms with Gasteiger partial charge in [-0.05, 0) is 23.8 Å². The van der Waals surface area contributed by atoms with Crippen LogP contribution in [0.3, 0.4) is 0 Å². The number of H-pyrrole nitrogens is 1. The Morgan fingerprint density at radius 2 is 1.93 bits per heavy atom. The van der Waals surface area contributed by atoms with Gasteiger partial charge >= 0.3 is 0 Å². The zero-order valence-corrected chi connectivity index (χ0v) is 14.9. The van der Waals surface area contributed by atoms with Crippen LogP contribution < -0.4 is 4.74 Å². The fourth-order valence-electron chi connectivity index (χ4n) is 3.31. The Morgan fingerprint density at radius 3 is 2.70 bits per heavy atom. The molecule has 6 nitrogen and oxygen atoms in total. The number of hydrogen-bond donors (Lipinski definition) is 1. The second-order valence-corrected chi connectivity index (χ2v) is 6.30. The van der Waals surface area contributed by atoms with E-state index in [1.54, 1.807) is 13.3 Å². The molecule has 6 heteroatoms. The van der Waals surface area contributed by atoms with Crippen LogP contribution in [0.25, 0.3) is 21.8 Å². The van der Waals surface area contributed by atoms with Gasteiger partial charge in [-0.25, -0.2) is 0 Å². The van der Waals surface area contributed by atoms with Crippen LogP contribution in [-0.2, 0) is 24.5 Å². The number of hydrogen-bond acceptors (Lipinski definition) is 5. The molecule has 0 aliphatic heterocycles. The number of benzene rings is 2. The Morgan fingerprint density at radius 1 is 1.07 bits per heavy atom. The highest BCUT2D eigenvalue weighted by molar-refractivity contribution is 6.09. The molecule has 0 fully saturated rings. The molecule has 4 rings (SSSR count). The van der Waals surface area contributed by atoms with E-state index in [2.05, 4.69) is 15.1 Å². The van der Waals surface area contributed by atoms with Crippen molar-refractivity contribution in [2.24, 2.45) is 5.18 Å². The largest absolute Gasteiger partial charge is 0.489 e. The maximum atomic E-state index is 10.8. The number of aromatic amines is 1. The zero-order valence-electron chi connectivity index (χ0n) is 14.9. The van der Waals surface area contributed by atoms with E-state index in [0.29, 0.717) is 18.9 Å². The molecule has 27 heavy (non-hydrogen) atoms. The number of nitroso groups, excluding NO2 is 1. The van der Waals surface area contributed by atoms with Crippen molar-refractivity contribution < 1.29 is 9.47 Å². The molecule has 136 valence electrons. The predicted octanol–water partition coefficient (Wildman–Crippen LogP) is 4.71. The van der Waals surface area contributed by atoms with E-state index in [1.165, 1.54) is 0 Å². The molecule has 0 amide bonds. The van der Waals surface area contributed by atoms with Crippen LogP contribution in [0.2, 0.25) is 0 Å². The normalized spacial score (nSPS) is 11.1. The highest BCUT2D eigenvalue weighted by Gasteiger charge is 2.15. The van der Waals surface area contributed by atoms with Crippen LogP contribution in [0, 0.1) is 4.91 Å². The summed E-state index contributed by atoms with van der Waals surface area (Å²) in [5, 5.41) is 5.00. The van der Waals surface area contributed by atoms with Crippen LogP contribution in [-0.4, -0.2) is 17.1 Å². The van der Waals surface area contributed by atoms with E-state index in [0.717, 1.165) is 38.7 Å². The third-order valence-corrected chi connectivity index (χ3v) is 4.55. The highest BCUT2D eigenvalue weighted by atomic mass is 16.5. The lowest BCUT2D eigenvalue weighted by Gasteiger charge is -2.09. The number of aromatic nitrogens is 2. The Labute approximate surface area is 156 Å². The fourth-order valence-corrected chi connectivity index (χ4v) is 3.31. The van der Waals surface area contributed by atoms with Crippen LogP contribution in [0.5, 0.6) is 5.75 Å². The number of nitrogens with one attached hydrogen (secondary N) is 1. The number of pyridine rings is 1. The lowest BCUT2D eigenvalue weighted by Crippen LogP contribution is -1.99. The molecule has 0 radical (unpaired) electrons. The first kappa shape index (κ1) is 17.2. The summed E-state index contributed by atoms with van der Waals surface area (Å²) in [4.78, 5) is 18.5. The minimum atomic E-state index is 0.0193. The highest BCUT2D eigenvalue weighted by Crippen LogP contribution is 2.32. The lowest BCUT2D eigenvalue weighted by atomic mass is 10.1. The van der Waals surface area contributed by atoms with Crippen molar-refractivity contribution in [2.75, 3.05) is 7.11 Å². The van der Waals surface area contributed by atoms with Crippen molar-refractivity contribution in [1.29, 1.82) is 0 Å². The van der Waals surface area contributed by atoms with Gasteiger partial charge in [0.05, 0.1) is 24.0 Å². The van der Waals surface area contributed by atoms with Crippen molar-refractivity contribution in [2.45, 2.75) is 19.8 Å².